The highest BCUT2D eigenvalue weighted by Gasteiger charge is 2.24. The number of carbonyl (C=O) groups excluding carboxylic acids is 1. The number of allylic oxidation sites excluding steroid dienone is 1. The van der Waals surface area contributed by atoms with Crippen LogP contribution in [0.3, 0.4) is 0 Å². The van der Waals surface area contributed by atoms with E-state index in [-0.39, 0.29) is 5.78 Å². The first-order chi connectivity index (χ1) is 9.79. The molecule has 0 unspecified atom stereocenters. The Morgan fingerprint density at radius 3 is 2.80 bits per heavy atom. The van der Waals surface area contributed by atoms with Crippen LogP contribution in [-0.4, -0.2) is 17.9 Å². The van der Waals surface area contributed by atoms with E-state index >= 15 is 0 Å². The zero-order valence-corrected chi connectivity index (χ0v) is 11.3. The molecule has 1 aromatic carbocycles. The van der Waals surface area contributed by atoms with Gasteiger partial charge in [0, 0.05) is 22.9 Å². The summed E-state index contributed by atoms with van der Waals surface area (Å²) in [6, 6.07) is 11.3. The third-order valence-corrected chi connectivity index (χ3v) is 3.54. The van der Waals surface area contributed by atoms with Crippen molar-refractivity contribution in [1.82, 2.24) is 4.98 Å². The lowest BCUT2D eigenvalue weighted by molar-refractivity contribution is 0.102. The van der Waals surface area contributed by atoms with Crippen LogP contribution < -0.4 is 4.74 Å². The third-order valence-electron chi connectivity index (χ3n) is 3.54. The zero-order chi connectivity index (χ0) is 13.9. The number of hydrogen-bond donors (Lipinski definition) is 0. The zero-order valence-electron chi connectivity index (χ0n) is 11.3. The Balaban J connectivity index is 2.00. The molecule has 0 fully saturated rings. The number of Topliss-reactive ketones (excluding diaryl/α,β-unsaturated/α-hetero) is 1. The fourth-order valence-electron chi connectivity index (χ4n) is 2.55. The predicted octanol–water partition coefficient (Wildman–Crippen LogP) is 3.30. The van der Waals surface area contributed by atoms with Gasteiger partial charge in [0.15, 0.2) is 5.78 Å². The number of ketones is 1. The molecule has 0 radical (unpaired) electrons. The summed E-state index contributed by atoms with van der Waals surface area (Å²) in [7, 11) is 1.64. The molecule has 2 aromatic rings. The van der Waals surface area contributed by atoms with Gasteiger partial charge in [-0.25, -0.2) is 0 Å². The summed E-state index contributed by atoms with van der Waals surface area (Å²) in [4.78, 5) is 16.8. The van der Waals surface area contributed by atoms with Gasteiger partial charge in [-0.05, 0) is 37.1 Å². The number of ether oxygens (including phenoxy) is 1. The van der Waals surface area contributed by atoms with Gasteiger partial charge in [-0.1, -0.05) is 18.2 Å². The van der Waals surface area contributed by atoms with Gasteiger partial charge < -0.3 is 4.74 Å². The molecule has 1 aliphatic carbocycles. The average molecular weight is 265 g/mol. The smallest absolute Gasteiger partial charge is 0.189 e. The Labute approximate surface area is 117 Å². The average Bonchev–Trinajstić information content (AvgIpc) is 2.51. The molecular formula is C17H15NO2. The van der Waals surface area contributed by atoms with Crippen LogP contribution in [0.15, 0.2) is 48.2 Å². The summed E-state index contributed by atoms with van der Waals surface area (Å²) in [6.45, 7) is 0. The molecule has 100 valence electrons. The van der Waals surface area contributed by atoms with Gasteiger partial charge in [0.05, 0.1) is 12.8 Å². The van der Waals surface area contributed by atoms with Crippen molar-refractivity contribution < 1.29 is 9.53 Å². The van der Waals surface area contributed by atoms with Crippen molar-refractivity contribution in [3.05, 3.63) is 65.0 Å². The summed E-state index contributed by atoms with van der Waals surface area (Å²) in [5.41, 5.74) is 3.39. The first-order valence-corrected chi connectivity index (χ1v) is 6.62. The van der Waals surface area contributed by atoms with E-state index in [2.05, 4.69) is 4.98 Å². The Morgan fingerprint density at radius 2 is 2.05 bits per heavy atom. The number of pyridine rings is 1. The number of carbonyl (C=O) groups is 1. The number of methoxy groups -OCH3 is 1. The largest absolute Gasteiger partial charge is 0.496 e. The highest BCUT2D eigenvalue weighted by molar-refractivity contribution is 6.13. The molecule has 0 spiro atoms. The Morgan fingerprint density at radius 1 is 1.15 bits per heavy atom. The standard InChI is InChI=1S/C17H15NO2/c1-20-16-7-4-6-15-14(16)9-8-12(17(15)19)11-13-5-2-3-10-18-13/h2-7,10-11H,8-9H2,1H3/b12-11+. The number of benzene rings is 1. The minimum Gasteiger partial charge on any atom is -0.496 e. The Hall–Kier alpha value is -2.42. The van der Waals surface area contributed by atoms with E-state index in [9.17, 15) is 4.79 Å². The normalized spacial score (nSPS) is 16.1. The highest BCUT2D eigenvalue weighted by atomic mass is 16.5. The molecule has 0 atom stereocenters. The van der Waals surface area contributed by atoms with Crippen molar-refractivity contribution >= 4 is 11.9 Å². The molecule has 3 heteroatoms. The molecule has 3 rings (SSSR count). The van der Waals surface area contributed by atoms with Gasteiger partial charge in [0.1, 0.15) is 5.75 Å². The van der Waals surface area contributed by atoms with E-state index < -0.39 is 0 Å². The van der Waals surface area contributed by atoms with Gasteiger partial charge >= 0.3 is 0 Å². The molecule has 1 heterocycles. The van der Waals surface area contributed by atoms with E-state index in [0.717, 1.165) is 41.0 Å². The van der Waals surface area contributed by atoms with Crippen molar-refractivity contribution in [2.45, 2.75) is 12.8 Å². The minimum atomic E-state index is 0.0794. The number of rotatable bonds is 2. The lowest BCUT2D eigenvalue weighted by atomic mass is 9.86. The van der Waals surface area contributed by atoms with Crippen LogP contribution in [0.25, 0.3) is 6.08 Å². The summed E-state index contributed by atoms with van der Waals surface area (Å²) in [5.74, 6) is 0.878. The third kappa shape index (κ3) is 2.23. The fraction of sp³-hybridized carbons (Fsp3) is 0.176. The molecule has 1 aromatic heterocycles. The van der Waals surface area contributed by atoms with E-state index in [1.807, 2.05) is 42.5 Å². The van der Waals surface area contributed by atoms with Crippen molar-refractivity contribution in [2.24, 2.45) is 0 Å². The second-order valence-corrected chi connectivity index (χ2v) is 4.74. The van der Waals surface area contributed by atoms with Crippen LogP contribution in [0.5, 0.6) is 5.75 Å². The van der Waals surface area contributed by atoms with Crippen LogP contribution in [0.4, 0.5) is 0 Å². The Kier molecular flexibility index (Phi) is 3.33. The van der Waals surface area contributed by atoms with Gasteiger partial charge in [-0.3, -0.25) is 9.78 Å². The molecule has 20 heavy (non-hydrogen) atoms. The van der Waals surface area contributed by atoms with Gasteiger partial charge in [-0.15, -0.1) is 0 Å². The van der Waals surface area contributed by atoms with Crippen LogP contribution in [0.1, 0.15) is 28.0 Å². The monoisotopic (exact) mass is 265 g/mol. The van der Waals surface area contributed by atoms with Crippen molar-refractivity contribution in [3.8, 4) is 5.75 Å². The van der Waals surface area contributed by atoms with E-state index in [4.69, 9.17) is 4.74 Å². The first kappa shape index (κ1) is 12.6. The quantitative estimate of drug-likeness (QED) is 0.782. The molecule has 0 N–H and O–H groups in total. The molecule has 0 saturated heterocycles. The fourth-order valence-corrected chi connectivity index (χ4v) is 2.55. The second kappa shape index (κ2) is 5.29. The van der Waals surface area contributed by atoms with E-state index in [1.165, 1.54) is 0 Å². The topological polar surface area (TPSA) is 39.2 Å². The number of nitrogens with zero attached hydrogens (tertiary/aromatic N) is 1. The number of aromatic nitrogens is 1. The van der Waals surface area contributed by atoms with Crippen LogP contribution in [0.2, 0.25) is 0 Å². The summed E-state index contributed by atoms with van der Waals surface area (Å²) in [6.07, 6.45) is 5.16. The van der Waals surface area contributed by atoms with Crippen LogP contribution in [0, 0.1) is 0 Å². The molecule has 0 amide bonds. The van der Waals surface area contributed by atoms with E-state index in [1.54, 1.807) is 13.3 Å². The summed E-state index contributed by atoms with van der Waals surface area (Å²) in [5, 5.41) is 0. The molecular weight excluding hydrogens is 250 g/mol. The number of fused-ring (bicyclic) bond motifs is 1. The van der Waals surface area contributed by atoms with Gasteiger partial charge in [0.25, 0.3) is 0 Å². The maximum atomic E-state index is 12.5. The first-order valence-electron chi connectivity index (χ1n) is 6.62. The SMILES string of the molecule is COc1cccc2c1CC/C(=C\c1ccccn1)C2=O. The van der Waals surface area contributed by atoms with Crippen molar-refractivity contribution in [2.75, 3.05) is 7.11 Å². The lowest BCUT2D eigenvalue weighted by Gasteiger charge is -2.19. The maximum absolute atomic E-state index is 12.5. The van der Waals surface area contributed by atoms with Crippen molar-refractivity contribution in [1.29, 1.82) is 0 Å². The predicted molar refractivity (Wildman–Crippen MR) is 77.9 cm³/mol. The molecule has 1 aliphatic rings. The summed E-state index contributed by atoms with van der Waals surface area (Å²) >= 11 is 0. The Bertz CT molecular complexity index is 675. The van der Waals surface area contributed by atoms with Crippen molar-refractivity contribution in [3.63, 3.8) is 0 Å². The van der Waals surface area contributed by atoms with E-state index in [0.29, 0.717) is 0 Å². The lowest BCUT2D eigenvalue weighted by Crippen LogP contribution is -2.15. The van der Waals surface area contributed by atoms with Gasteiger partial charge in [-0.2, -0.15) is 0 Å². The van der Waals surface area contributed by atoms with Gasteiger partial charge in [0.2, 0.25) is 0 Å². The molecule has 0 saturated carbocycles. The highest BCUT2D eigenvalue weighted by Crippen LogP contribution is 2.32. The minimum absolute atomic E-state index is 0.0794. The summed E-state index contributed by atoms with van der Waals surface area (Å²) < 4.78 is 5.33. The number of hydrogen-bond acceptors (Lipinski definition) is 3. The molecule has 0 bridgehead atoms. The molecule has 3 nitrogen and oxygen atoms in total. The van der Waals surface area contributed by atoms with Crippen LogP contribution >= 0.6 is 0 Å². The second-order valence-electron chi connectivity index (χ2n) is 4.74. The maximum Gasteiger partial charge on any atom is 0.189 e. The molecule has 0 aliphatic heterocycles. The van der Waals surface area contributed by atoms with Crippen LogP contribution in [-0.2, 0) is 6.42 Å².